The number of rotatable bonds is 6. The second-order valence-electron chi connectivity index (χ2n) is 7.41. The van der Waals surface area contributed by atoms with Gasteiger partial charge in [0.2, 0.25) is 11.8 Å². The number of piperidine rings is 1. The number of amides is 2. The Kier molecular flexibility index (Phi) is 5.74. The molecule has 3 atom stereocenters. The Morgan fingerprint density at radius 1 is 1.19 bits per heavy atom. The number of fused-ring (bicyclic) bond motifs is 2. The minimum absolute atomic E-state index is 0.0323. The van der Waals surface area contributed by atoms with Gasteiger partial charge in [0.1, 0.15) is 5.82 Å². The van der Waals surface area contributed by atoms with E-state index < -0.39 is 35.7 Å². The third-order valence-electron chi connectivity index (χ3n) is 5.65. The number of carbonyl (C=O) groups excluding carboxylic acids is 2. The largest absolute Gasteiger partial charge is 0.369 e. The molecule has 2 heterocycles. The Balaban J connectivity index is 1.86. The normalized spacial score (nSPS) is 24.3. The van der Waals surface area contributed by atoms with E-state index in [2.05, 4.69) is 5.32 Å². The number of hydrogen-bond donors (Lipinski definition) is 2. The zero-order valence-electron chi connectivity index (χ0n) is 15.2. The van der Waals surface area contributed by atoms with Crippen LogP contribution in [0.4, 0.5) is 13.2 Å². The summed E-state index contributed by atoms with van der Waals surface area (Å²) in [6.07, 6.45) is 2.21. The summed E-state index contributed by atoms with van der Waals surface area (Å²) in [6, 6.07) is 0.503. The molecule has 148 valence electrons. The number of benzene rings is 1. The fraction of sp³-hybridized carbons (Fsp3) is 0.579. The van der Waals surface area contributed by atoms with Crippen LogP contribution >= 0.6 is 0 Å². The molecule has 0 radical (unpaired) electrons. The predicted octanol–water partition coefficient (Wildman–Crippen LogP) is 1.98. The molecule has 0 aromatic heterocycles. The molecule has 3 N–H and O–H groups in total. The number of hydrogen-bond acceptors (Lipinski definition) is 3. The van der Waals surface area contributed by atoms with Crippen LogP contribution in [0, 0.1) is 17.5 Å². The van der Waals surface area contributed by atoms with E-state index in [1.54, 1.807) is 7.05 Å². The van der Waals surface area contributed by atoms with E-state index in [4.69, 9.17) is 5.73 Å². The minimum atomic E-state index is -1.21. The van der Waals surface area contributed by atoms with Crippen molar-refractivity contribution in [2.45, 2.75) is 56.5 Å². The van der Waals surface area contributed by atoms with E-state index in [0.717, 1.165) is 12.8 Å². The smallest absolute Gasteiger partial charge is 0.224 e. The van der Waals surface area contributed by atoms with Crippen LogP contribution in [0.15, 0.2) is 6.07 Å². The number of primary amides is 1. The van der Waals surface area contributed by atoms with Gasteiger partial charge in [-0.15, -0.1) is 0 Å². The molecule has 2 unspecified atom stereocenters. The van der Waals surface area contributed by atoms with Gasteiger partial charge in [-0.1, -0.05) is 0 Å². The summed E-state index contributed by atoms with van der Waals surface area (Å²) in [6.45, 7) is 0.571. The van der Waals surface area contributed by atoms with E-state index >= 15 is 0 Å². The van der Waals surface area contributed by atoms with Gasteiger partial charge in [0.15, 0.2) is 11.6 Å². The van der Waals surface area contributed by atoms with Crippen LogP contribution in [0.2, 0.25) is 0 Å². The van der Waals surface area contributed by atoms with Crippen LogP contribution in [-0.2, 0) is 16.0 Å². The van der Waals surface area contributed by atoms with Crippen LogP contribution in [0.5, 0.6) is 0 Å². The summed E-state index contributed by atoms with van der Waals surface area (Å²) in [4.78, 5) is 25.4. The van der Waals surface area contributed by atoms with Crippen molar-refractivity contribution in [3.8, 4) is 0 Å². The van der Waals surface area contributed by atoms with Crippen molar-refractivity contribution in [3.63, 3.8) is 0 Å². The number of halogens is 3. The van der Waals surface area contributed by atoms with Gasteiger partial charge < -0.3 is 16.0 Å². The Labute approximate surface area is 156 Å². The van der Waals surface area contributed by atoms with E-state index in [-0.39, 0.29) is 29.1 Å². The second kappa shape index (κ2) is 7.88. The van der Waals surface area contributed by atoms with Crippen LogP contribution < -0.4 is 11.1 Å². The van der Waals surface area contributed by atoms with Crippen molar-refractivity contribution in [1.29, 1.82) is 0 Å². The first-order chi connectivity index (χ1) is 12.8. The van der Waals surface area contributed by atoms with Crippen LogP contribution in [0.25, 0.3) is 0 Å². The molecule has 0 aliphatic carbocycles. The average molecular weight is 383 g/mol. The molecule has 2 saturated heterocycles. The fourth-order valence-corrected chi connectivity index (χ4v) is 4.53. The highest BCUT2D eigenvalue weighted by Crippen LogP contribution is 2.45. The maximum Gasteiger partial charge on any atom is 0.224 e. The first kappa shape index (κ1) is 19.7. The van der Waals surface area contributed by atoms with Crippen molar-refractivity contribution in [2.75, 3.05) is 13.6 Å². The molecular weight excluding hydrogens is 359 g/mol. The van der Waals surface area contributed by atoms with Gasteiger partial charge >= 0.3 is 0 Å². The van der Waals surface area contributed by atoms with Gasteiger partial charge in [0, 0.05) is 36.2 Å². The summed E-state index contributed by atoms with van der Waals surface area (Å²) in [7, 11) is 1.77. The lowest BCUT2D eigenvalue weighted by molar-refractivity contribution is -0.135. The molecule has 8 heteroatoms. The summed E-state index contributed by atoms with van der Waals surface area (Å²) in [5.41, 5.74) is 4.54. The molecule has 3 rings (SSSR count). The Morgan fingerprint density at radius 2 is 1.81 bits per heavy atom. The zero-order valence-corrected chi connectivity index (χ0v) is 15.2. The van der Waals surface area contributed by atoms with Crippen molar-refractivity contribution in [1.82, 2.24) is 10.2 Å². The van der Waals surface area contributed by atoms with E-state index in [9.17, 15) is 22.8 Å². The van der Waals surface area contributed by atoms with Crippen LogP contribution in [0.1, 0.15) is 49.1 Å². The topological polar surface area (TPSA) is 75.4 Å². The predicted molar refractivity (Wildman–Crippen MR) is 93.4 cm³/mol. The Hall–Kier alpha value is -2.09. The van der Waals surface area contributed by atoms with E-state index in [0.29, 0.717) is 31.9 Å². The van der Waals surface area contributed by atoms with E-state index in [1.807, 2.05) is 4.90 Å². The lowest BCUT2D eigenvalue weighted by atomic mass is 9.83. The van der Waals surface area contributed by atoms with Crippen molar-refractivity contribution < 1.29 is 22.8 Å². The van der Waals surface area contributed by atoms with Gasteiger partial charge in [-0.2, -0.15) is 0 Å². The molecule has 27 heavy (non-hydrogen) atoms. The average Bonchev–Trinajstić information content (AvgIpc) is 2.88. The zero-order chi connectivity index (χ0) is 19.7. The molecule has 1 aromatic carbocycles. The molecule has 0 saturated carbocycles. The molecule has 2 aliphatic heterocycles. The highest BCUT2D eigenvalue weighted by molar-refractivity contribution is 5.78. The Morgan fingerprint density at radius 3 is 2.37 bits per heavy atom. The summed E-state index contributed by atoms with van der Waals surface area (Å²) >= 11 is 0. The van der Waals surface area contributed by atoms with Gasteiger partial charge in [0.05, 0.1) is 6.42 Å². The number of carbonyl (C=O) groups is 2. The molecular formula is C19H24F3N3O2. The third kappa shape index (κ3) is 3.81. The standard InChI is InChI=1S/C19H24F3N3O2/c1-24-5-4-16(27)25-12-2-3-13(25)7-10(6-12)17-18(21)11(9-15(23)26)8-14(20)19(17)22/h8,10,12-13,24H,2-7,9H2,1H3,(H2,23,26)/t10?,12-,13?/m1/s1. The molecule has 2 bridgehead atoms. The molecule has 0 spiro atoms. The maximum atomic E-state index is 14.9. The van der Waals surface area contributed by atoms with Crippen molar-refractivity contribution >= 4 is 11.8 Å². The van der Waals surface area contributed by atoms with Gasteiger partial charge in [-0.05, 0) is 44.7 Å². The van der Waals surface area contributed by atoms with Crippen LogP contribution in [-0.4, -0.2) is 42.4 Å². The summed E-state index contributed by atoms with van der Waals surface area (Å²) in [5, 5.41) is 2.94. The minimum Gasteiger partial charge on any atom is -0.369 e. The molecule has 2 fully saturated rings. The molecule has 2 aliphatic rings. The first-order valence-corrected chi connectivity index (χ1v) is 9.23. The van der Waals surface area contributed by atoms with Gasteiger partial charge in [-0.25, -0.2) is 13.2 Å². The molecule has 5 nitrogen and oxygen atoms in total. The maximum absolute atomic E-state index is 14.9. The quantitative estimate of drug-likeness (QED) is 0.738. The van der Waals surface area contributed by atoms with Crippen molar-refractivity contribution in [2.24, 2.45) is 5.73 Å². The number of nitrogens with two attached hydrogens (primary N) is 1. The van der Waals surface area contributed by atoms with Gasteiger partial charge in [0.25, 0.3) is 0 Å². The third-order valence-corrected chi connectivity index (χ3v) is 5.65. The molecule has 2 amide bonds. The highest BCUT2D eigenvalue weighted by atomic mass is 19.2. The molecule has 1 aromatic rings. The Bertz CT molecular complexity index is 742. The SMILES string of the molecule is CNCCC(=O)N1C2CC[C@@H]1CC(c1c(F)c(F)cc(CC(N)=O)c1F)C2. The van der Waals surface area contributed by atoms with Gasteiger partial charge in [-0.3, -0.25) is 9.59 Å². The monoisotopic (exact) mass is 383 g/mol. The summed E-state index contributed by atoms with van der Waals surface area (Å²) < 4.78 is 43.3. The number of nitrogens with zero attached hydrogens (tertiary/aromatic N) is 1. The van der Waals surface area contributed by atoms with Crippen molar-refractivity contribution in [3.05, 3.63) is 34.6 Å². The lowest BCUT2D eigenvalue weighted by Crippen LogP contribution is -2.46. The number of nitrogens with one attached hydrogen (secondary N) is 1. The fourth-order valence-electron chi connectivity index (χ4n) is 4.53. The van der Waals surface area contributed by atoms with E-state index in [1.165, 1.54) is 0 Å². The summed E-state index contributed by atoms with van der Waals surface area (Å²) in [5.74, 6) is -4.59. The first-order valence-electron chi connectivity index (χ1n) is 9.23. The van der Waals surface area contributed by atoms with Crippen LogP contribution in [0.3, 0.4) is 0 Å². The highest BCUT2D eigenvalue weighted by Gasteiger charge is 2.44. The second-order valence-corrected chi connectivity index (χ2v) is 7.41. The lowest BCUT2D eigenvalue weighted by Gasteiger charge is -2.39.